The maximum atomic E-state index is 12.2. The fourth-order valence-corrected chi connectivity index (χ4v) is 3.10. The van der Waals surface area contributed by atoms with E-state index in [9.17, 15) is 13.2 Å². The van der Waals surface area contributed by atoms with E-state index < -0.39 is 10.0 Å². The molecule has 0 aliphatic rings. The number of carbonyl (C=O) groups excluding carboxylic acids is 1. The Hall–Kier alpha value is -1.48. The minimum atomic E-state index is -3.45. The monoisotopic (exact) mass is 357 g/mol. The van der Waals surface area contributed by atoms with E-state index in [4.69, 9.17) is 4.74 Å². The zero-order chi connectivity index (χ0) is 18.2. The van der Waals surface area contributed by atoms with Crippen molar-refractivity contribution >= 4 is 15.9 Å². The molecule has 0 aliphatic carbocycles. The molecule has 1 aromatic rings. The molecule has 1 N–H and O–H groups in total. The molecule has 0 aliphatic heterocycles. The normalized spacial score (nSPS) is 11.9. The smallest absolute Gasteiger partial charge is 0.242 e. The van der Waals surface area contributed by atoms with Crippen molar-refractivity contribution < 1.29 is 17.9 Å². The van der Waals surface area contributed by atoms with Gasteiger partial charge in [-0.05, 0) is 31.2 Å². The topological polar surface area (TPSA) is 79.0 Å². The van der Waals surface area contributed by atoms with Gasteiger partial charge in [0, 0.05) is 40.9 Å². The van der Waals surface area contributed by atoms with Crippen LogP contribution in [0.3, 0.4) is 0 Å². The molecule has 8 heteroatoms. The van der Waals surface area contributed by atoms with Gasteiger partial charge in [-0.15, -0.1) is 0 Å². The summed E-state index contributed by atoms with van der Waals surface area (Å²) in [6.45, 7) is 1.93. The highest BCUT2D eigenvalue weighted by Gasteiger charge is 2.17. The number of carbonyl (C=O) groups is 1. The van der Waals surface area contributed by atoms with Crippen molar-refractivity contribution in [1.29, 1.82) is 0 Å². The molecule has 0 unspecified atom stereocenters. The molecular weight excluding hydrogens is 330 g/mol. The Labute approximate surface area is 144 Å². The van der Waals surface area contributed by atoms with Crippen LogP contribution in [0, 0.1) is 0 Å². The molecule has 0 saturated carbocycles. The van der Waals surface area contributed by atoms with Gasteiger partial charge in [-0.1, -0.05) is 12.1 Å². The molecule has 1 aromatic carbocycles. The minimum Gasteiger partial charge on any atom is -0.385 e. The van der Waals surface area contributed by atoms with E-state index in [0.29, 0.717) is 19.7 Å². The summed E-state index contributed by atoms with van der Waals surface area (Å²) < 4.78 is 30.4. The number of methoxy groups -OCH3 is 1. The Morgan fingerprint density at radius 3 is 2.58 bits per heavy atom. The number of ether oxygens (including phenoxy) is 1. The number of amides is 1. The van der Waals surface area contributed by atoms with Crippen molar-refractivity contribution in [3.63, 3.8) is 0 Å². The predicted molar refractivity (Wildman–Crippen MR) is 93.2 cm³/mol. The summed E-state index contributed by atoms with van der Waals surface area (Å²) in [5.41, 5.74) is 0.840. The van der Waals surface area contributed by atoms with Gasteiger partial charge in [0.15, 0.2) is 0 Å². The van der Waals surface area contributed by atoms with E-state index in [1.54, 1.807) is 25.3 Å². The van der Waals surface area contributed by atoms with Gasteiger partial charge < -0.3 is 10.1 Å². The number of nitrogens with zero attached hydrogens (tertiary/aromatic N) is 2. The highest BCUT2D eigenvalue weighted by Crippen LogP contribution is 2.15. The molecule has 0 saturated heterocycles. The number of rotatable bonds is 10. The fraction of sp³-hybridized carbons (Fsp3) is 0.562. The SMILES string of the molecule is COCCCNC(=O)CN(C)Cc1cccc(S(=O)(=O)N(C)C)c1. The summed E-state index contributed by atoms with van der Waals surface area (Å²) >= 11 is 0. The van der Waals surface area contributed by atoms with Gasteiger partial charge in [-0.3, -0.25) is 9.69 Å². The Kier molecular flexibility index (Phi) is 8.34. The zero-order valence-corrected chi connectivity index (χ0v) is 15.6. The summed E-state index contributed by atoms with van der Waals surface area (Å²) in [5, 5.41) is 2.82. The second-order valence-electron chi connectivity index (χ2n) is 5.80. The van der Waals surface area contributed by atoms with Gasteiger partial charge >= 0.3 is 0 Å². The lowest BCUT2D eigenvalue weighted by molar-refractivity contribution is -0.122. The van der Waals surface area contributed by atoms with Crippen LogP contribution in [0.4, 0.5) is 0 Å². The second kappa shape index (κ2) is 9.73. The van der Waals surface area contributed by atoms with Crippen LogP contribution in [0.15, 0.2) is 29.2 Å². The Morgan fingerprint density at radius 2 is 1.96 bits per heavy atom. The van der Waals surface area contributed by atoms with Crippen LogP contribution in [0.1, 0.15) is 12.0 Å². The molecule has 0 atom stereocenters. The van der Waals surface area contributed by atoms with Crippen LogP contribution in [0.25, 0.3) is 0 Å². The summed E-state index contributed by atoms with van der Waals surface area (Å²) in [6.07, 6.45) is 0.774. The Balaban J connectivity index is 2.59. The van der Waals surface area contributed by atoms with Gasteiger partial charge in [0.2, 0.25) is 15.9 Å². The van der Waals surface area contributed by atoms with Crippen molar-refractivity contribution in [2.24, 2.45) is 0 Å². The molecule has 1 amide bonds. The number of hydrogen-bond donors (Lipinski definition) is 1. The summed E-state index contributed by atoms with van der Waals surface area (Å²) in [5.74, 6) is -0.0642. The van der Waals surface area contributed by atoms with Crippen molar-refractivity contribution in [3.05, 3.63) is 29.8 Å². The number of benzene rings is 1. The van der Waals surface area contributed by atoms with Gasteiger partial charge in [-0.2, -0.15) is 0 Å². The third-order valence-electron chi connectivity index (χ3n) is 3.39. The van der Waals surface area contributed by atoms with Gasteiger partial charge in [0.05, 0.1) is 11.4 Å². The van der Waals surface area contributed by atoms with Crippen LogP contribution in [-0.2, 0) is 26.1 Å². The molecule has 0 aromatic heterocycles. The zero-order valence-electron chi connectivity index (χ0n) is 14.8. The van der Waals surface area contributed by atoms with E-state index in [0.717, 1.165) is 12.0 Å². The molecule has 24 heavy (non-hydrogen) atoms. The highest BCUT2D eigenvalue weighted by atomic mass is 32.2. The lowest BCUT2D eigenvalue weighted by Gasteiger charge is -2.17. The van der Waals surface area contributed by atoms with Crippen LogP contribution in [-0.4, -0.2) is 71.5 Å². The number of nitrogens with one attached hydrogen (secondary N) is 1. The van der Waals surface area contributed by atoms with E-state index in [1.165, 1.54) is 18.4 Å². The second-order valence-corrected chi connectivity index (χ2v) is 7.96. The average molecular weight is 357 g/mol. The first-order chi connectivity index (χ1) is 11.3. The fourth-order valence-electron chi connectivity index (χ4n) is 2.13. The predicted octanol–water partition coefficient (Wildman–Crippen LogP) is 0.521. The minimum absolute atomic E-state index is 0.0642. The lowest BCUT2D eigenvalue weighted by Crippen LogP contribution is -2.35. The Bertz CT molecular complexity index is 632. The lowest BCUT2D eigenvalue weighted by atomic mass is 10.2. The standard InChI is InChI=1S/C16H27N3O4S/c1-18(2)24(21,22)15-8-5-7-14(11-15)12-19(3)13-16(20)17-9-6-10-23-4/h5,7-8,11H,6,9-10,12-13H2,1-4H3,(H,17,20). The quantitative estimate of drug-likeness (QED) is 0.618. The molecule has 136 valence electrons. The first-order valence-corrected chi connectivity index (χ1v) is 9.17. The molecule has 0 fully saturated rings. The molecule has 0 bridgehead atoms. The summed E-state index contributed by atoms with van der Waals surface area (Å²) in [4.78, 5) is 13.9. The van der Waals surface area contributed by atoms with Gasteiger partial charge in [-0.25, -0.2) is 12.7 Å². The number of sulfonamides is 1. The molecule has 0 radical (unpaired) electrons. The van der Waals surface area contributed by atoms with Crippen molar-refractivity contribution in [2.45, 2.75) is 17.9 Å². The number of hydrogen-bond acceptors (Lipinski definition) is 5. The van der Waals surface area contributed by atoms with E-state index in [1.807, 2.05) is 18.0 Å². The largest absolute Gasteiger partial charge is 0.385 e. The molecule has 0 heterocycles. The number of likely N-dealkylation sites (N-methyl/N-ethyl adjacent to an activating group) is 1. The van der Waals surface area contributed by atoms with Crippen LogP contribution >= 0.6 is 0 Å². The third kappa shape index (κ3) is 6.56. The van der Waals surface area contributed by atoms with Gasteiger partial charge in [0.1, 0.15) is 0 Å². The molecule has 1 rings (SSSR count). The summed E-state index contributed by atoms with van der Waals surface area (Å²) in [7, 11) is 3.00. The Morgan fingerprint density at radius 1 is 1.25 bits per heavy atom. The first kappa shape index (κ1) is 20.6. The van der Waals surface area contributed by atoms with E-state index in [2.05, 4.69) is 5.32 Å². The molecule has 0 spiro atoms. The first-order valence-electron chi connectivity index (χ1n) is 7.73. The van der Waals surface area contributed by atoms with Gasteiger partial charge in [0.25, 0.3) is 0 Å². The highest BCUT2D eigenvalue weighted by molar-refractivity contribution is 7.89. The van der Waals surface area contributed by atoms with Crippen molar-refractivity contribution in [3.8, 4) is 0 Å². The van der Waals surface area contributed by atoms with Crippen LogP contribution in [0.5, 0.6) is 0 Å². The van der Waals surface area contributed by atoms with Crippen LogP contribution < -0.4 is 5.32 Å². The molecule has 7 nitrogen and oxygen atoms in total. The van der Waals surface area contributed by atoms with Crippen molar-refractivity contribution in [2.75, 3.05) is 47.9 Å². The summed E-state index contributed by atoms with van der Waals surface area (Å²) in [6, 6.07) is 6.77. The van der Waals surface area contributed by atoms with Crippen LogP contribution in [0.2, 0.25) is 0 Å². The van der Waals surface area contributed by atoms with E-state index >= 15 is 0 Å². The third-order valence-corrected chi connectivity index (χ3v) is 5.20. The van der Waals surface area contributed by atoms with Crippen molar-refractivity contribution in [1.82, 2.24) is 14.5 Å². The maximum Gasteiger partial charge on any atom is 0.242 e. The average Bonchev–Trinajstić information content (AvgIpc) is 2.51. The molecular formula is C16H27N3O4S. The van der Waals surface area contributed by atoms with E-state index in [-0.39, 0.29) is 17.3 Å². The maximum absolute atomic E-state index is 12.2.